The van der Waals surface area contributed by atoms with E-state index in [4.69, 9.17) is 9.47 Å². The number of hydrogen-bond donors (Lipinski definition) is 1. The molecule has 2 saturated heterocycles. The molecule has 0 bridgehead atoms. The van der Waals surface area contributed by atoms with Crippen molar-refractivity contribution in [2.75, 3.05) is 43.1 Å². The van der Waals surface area contributed by atoms with Crippen LogP contribution in [-0.2, 0) is 20.9 Å². The molecule has 1 N–H and O–H groups in total. The SMILES string of the molecule is O=C(CN1C(=O)S/C(=C/c2cccc(OCc3ccc([N+](=O)[O-])cc3)c2)C1=O)Nc1ccc(N2CCOCC2)cc1. The molecule has 5 rings (SSSR count). The van der Waals surface area contributed by atoms with Crippen LogP contribution in [0, 0.1) is 10.1 Å². The van der Waals surface area contributed by atoms with Crippen LogP contribution in [0.2, 0.25) is 0 Å². The number of amides is 3. The van der Waals surface area contributed by atoms with Crippen LogP contribution in [0.3, 0.4) is 0 Å². The van der Waals surface area contributed by atoms with Gasteiger partial charge in [0.15, 0.2) is 0 Å². The summed E-state index contributed by atoms with van der Waals surface area (Å²) in [6.45, 7) is 2.76. The number of nitro groups is 1. The summed E-state index contributed by atoms with van der Waals surface area (Å²) in [6.07, 6.45) is 1.58. The summed E-state index contributed by atoms with van der Waals surface area (Å²) < 4.78 is 11.2. The lowest BCUT2D eigenvalue weighted by atomic mass is 10.2. The van der Waals surface area contributed by atoms with E-state index >= 15 is 0 Å². The third-order valence-corrected chi connectivity index (χ3v) is 7.32. The van der Waals surface area contributed by atoms with Gasteiger partial charge in [0.2, 0.25) is 5.91 Å². The van der Waals surface area contributed by atoms with Crippen LogP contribution in [0.5, 0.6) is 5.75 Å². The van der Waals surface area contributed by atoms with Crippen LogP contribution < -0.4 is 15.0 Å². The van der Waals surface area contributed by atoms with Crippen molar-refractivity contribution >= 4 is 52.0 Å². The van der Waals surface area contributed by atoms with Crippen LogP contribution in [0.4, 0.5) is 21.9 Å². The number of carbonyl (C=O) groups is 3. The molecule has 2 heterocycles. The fraction of sp³-hybridized carbons (Fsp3) is 0.207. The number of imide groups is 1. The van der Waals surface area contributed by atoms with Crippen molar-refractivity contribution in [3.63, 3.8) is 0 Å². The number of nitro benzene ring substituents is 1. The molecule has 41 heavy (non-hydrogen) atoms. The highest BCUT2D eigenvalue weighted by atomic mass is 32.2. The number of nitrogens with one attached hydrogen (secondary N) is 1. The molecule has 11 nitrogen and oxygen atoms in total. The number of morpholine rings is 1. The topological polar surface area (TPSA) is 131 Å². The molecule has 0 aliphatic carbocycles. The van der Waals surface area contributed by atoms with Gasteiger partial charge in [0, 0.05) is 36.6 Å². The summed E-state index contributed by atoms with van der Waals surface area (Å²) in [5, 5.41) is 13.0. The van der Waals surface area contributed by atoms with Gasteiger partial charge in [0.25, 0.3) is 16.8 Å². The van der Waals surface area contributed by atoms with E-state index in [0.29, 0.717) is 30.2 Å². The number of rotatable bonds is 9. The molecule has 0 saturated carbocycles. The fourth-order valence-corrected chi connectivity index (χ4v) is 5.12. The monoisotopic (exact) mass is 574 g/mol. The summed E-state index contributed by atoms with van der Waals surface area (Å²) in [5.41, 5.74) is 3.00. The Balaban J connectivity index is 1.16. The van der Waals surface area contributed by atoms with E-state index < -0.39 is 28.5 Å². The van der Waals surface area contributed by atoms with Crippen molar-refractivity contribution in [2.24, 2.45) is 0 Å². The van der Waals surface area contributed by atoms with Gasteiger partial charge >= 0.3 is 0 Å². The Morgan fingerprint density at radius 2 is 1.78 bits per heavy atom. The average molecular weight is 575 g/mol. The van der Waals surface area contributed by atoms with E-state index in [1.54, 1.807) is 54.6 Å². The van der Waals surface area contributed by atoms with Crippen molar-refractivity contribution in [3.8, 4) is 5.75 Å². The van der Waals surface area contributed by atoms with Gasteiger partial charge in [0.05, 0.1) is 23.0 Å². The number of anilines is 2. The number of non-ortho nitro benzene ring substituents is 1. The van der Waals surface area contributed by atoms with Gasteiger partial charge in [-0.1, -0.05) is 12.1 Å². The zero-order chi connectivity index (χ0) is 28.8. The molecule has 3 aromatic rings. The van der Waals surface area contributed by atoms with Crippen molar-refractivity contribution in [1.82, 2.24) is 4.90 Å². The molecule has 0 atom stereocenters. The quantitative estimate of drug-likeness (QED) is 0.220. The Hall–Kier alpha value is -4.68. The number of hydrogen-bond acceptors (Lipinski definition) is 9. The zero-order valence-electron chi connectivity index (χ0n) is 21.9. The zero-order valence-corrected chi connectivity index (χ0v) is 22.7. The standard InChI is InChI=1S/C29H26N4O7S/c34-27(30-22-6-10-23(11-7-22)31-12-14-39-15-13-31)18-32-28(35)26(41-29(32)36)17-21-2-1-3-25(16-21)40-19-20-4-8-24(9-5-20)33(37)38/h1-11,16-17H,12-15,18-19H2,(H,30,34)/b26-17+. The summed E-state index contributed by atoms with van der Waals surface area (Å²) in [6, 6.07) is 20.4. The minimum absolute atomic E-state index is 0.000288. The minimum Gasteiger partial charge on any atom is -0.489 e. The normalized spacial score (nSPS) is 16.2. The first-order chi connectivity index (χ1) is 19.9. The molecular formula is C29H26N4O7S. The third kappa shape index (κ3) is 7.10. The summed E-state index contributed by atoms with van der Waals surface area (Å²) in [5.74, 6) is -0.500. The predicted octanol–water partition coefficient (Wildman–Crippen LogP) is 4.69. The van der Waals surface area contributed by atoms with Crippen molar-refractivity contribution < 1.29 is 28.8 Å². The van der Waals surface area contributed by atoms with Gasteiger partial charge in [-0.3, -0.25) is 29.4 Å². The lowest BCUT2D eigenvalue weighted by Crippen LogP contribution is -2.36. The maximum Gasteiger partial charge on any atom is 0.294 e. The van der Waals surface area contributed by atoms with E-state index in [2.05, 4.69) is 10.2 Å². The number of ether oxygens (including phenoxy) is 2. The van der Waals surface area contributed by atoms with Gasteiger partial charge in [0.1, 0.15) is 18.9 Å². The maximum absolute atomic E-state index is 12.9. The molecular weight excluding hydrogens is 548 g/mol. The van der Waals surface area contributed by atoms with E-state index in [-0.39, 0.29) is 17.2 Å². The highest BCUT2D eigenvalue weighted by molar-refractivity contribution is 8.18. The van der Waals surface area contributed by atoms with Crippen LogP contribution in [0.15, 0.2) is 77.7 Å². The molecule has 0 radical (unpaired) electrons. The first-order valence-electron chi connectivity index (χ1n) is 12.8. The maximum atomic E-state index is 12.9. The number of benzene rings is 3. The number of thioether (sulfide) groups is 1. The largest absolute Gasteiger partial charge is 0.489 e. The Labute approximate surface area is 239 Å². The molecule has 2 fully saturated rings. The lowest BCUT2D eigenvalue weighted by Gasteiger charge is -2.28. The second-order valence-electron chi connectivity index (χ2n) is 9.25. The first-order valence-corrected chi connectivity index (χ1v) is 13.6. The fourth-order valence-electron chi connectivity index (χ4n) is 4.28. The van der Waals surface area contributed by atoms with E-state index in [1.807, 2.05) is 12.1 Å². The highest BCUT2D eigenvalue weighted by Gasteiger charge is 2.36. The van der Waals surface area contributed by atoms with Crippen LogP contribution in [-0.4, -0.2) is 59.7 Å². The third-order valence-electron chi connectivity index (χ3n) is 6.41. The smallest absolute Gasteiger partial charge is 0.294 e. The molecule has 210 valence electrons. The summed E-state index contributed by atoms with van der Waals surface area (Å²) >= 11 is 0.769. The Bertz CT molecular complexity index is 1490. The summed E-state index contributed by atoms with van der Waals surface area (Å²) in [4.78, 5) is 51.8. The first kappa shape index (κ1) is 27.9. The van der Waals surface area contributed by atoms with E-state index in [1.165, 1.54) is 12.1 Å². The molecule has 2 aliphatic rings. The van der Waals surface area contributed by atoms with Crippen molar-refractivity contribution in [1.29, 1.82) is 0 Å². The molecule has 0 unspecified atom stereocenters. The Morgan fingerprint density at radius 1 is 1.05 bits per heavy atom. The Kier molecular flexibility index (Phi) is 8.61. The van der Waals surface area contributed by atoms with Gasteiger partial charge in [-0.25, -0.2) is 0 Å². The predicted molar refractivity (Wildman–Crippen MR) is 155 cm³/mol. The Morgan fingerprint density at radius 3 is 2.49 bits per heavy atom. The molecule has 2 aliphatic heterocycles. The van der Waals surface area contributed by atoms with E-state index in [9.17, 15) is 24.5 Å². The van der Waals surface area contributed by atoms with Crippen molar-refractivity contribution in [3.05, 3.63) is 98.9 Å². The number of carbonyl (C=O) groups excluding carboxylic acids is 3. The second-order valence-corrected chi connectivity index (χ2v) is 10.2. The molecule has 0 spiro atoms. The molecule has 0 aromatic heterocycles. The highest BCUT2D eigenvalue weighted by Crippen LogP contribution is 2.32. The minimum atomic E-state index is -0.546. The average Bonchev–Trinajstić information content (AvgIpc) is 3.24. The lowest BCUT2D eigenvalue weighted by molar-refractivity contribution is -0.384. The summed E-state index contributed by atoms with van der Waals surface area (Å²) in [7, 11) is 0. The van der Waals surface area contributed by atoms with E-state index in [0.717, 1.165) is 41.0 Å². The van der Waals surface area contributed by atoms with Gasteiger partial charge < -0.3 is 19.7 Å². The number of nitrogens with zero attached hydrogens (tertiary/aromatic N) is 3. The van der Waals surface area contributed by atoms with Gasteiger partial charge in [-0.05, 0) is 77.5 Å². The van der Waals surface area contributed by atoms with Crippen LogP contribution in [0.1, 0.15) is 11.1 Å². The van der Waals surface area contributed by atoms with Gasteiger partial charge in [-0.2, -0.15) is 0 Å². The molecule has 3 aromatic carbocycles. The van der Waals surface area contributed by atoms with Gasteiger partial charge in [-0.15, -0.1) is 0 Å². The van der Waals surface area contributed by atoms with Crippen LogP contribution >= 0.6 is 11.8 Å². The van der Waals surface area contributed by atoms with Crippen molar-refractivity contribution in [2.45, 2.75) is 6.61 Å². The van der Waals surface area contributed by atoms with Crippen LogP contribution in [0.25, 0.3) is 6.08 Å². The molecule has 12 heteroatoms. The second kappa shape index (κ2) is 12.7. The molecule has 3 amide bonds.